The summed E-state index contributed by atoms with van der Waals surface area (Å²) in [5.41, 5.74) is 2.24. The molecule has 2 amide bonds. The highest BCUT2D eigenvalue weighted by Gasteiger charge is 2.27. The summed E-state index contributed by atoms with van der Waals surface area (Å²) in [6.45, 7) is 4.42. The highest BCUT2D eigenvalue weighted by Crippen LogP contribution is 2.18. The fraction of sp³-hybridized carbons (Fsp3) is 0.550. The Bertz CT molecular complexity index is 659. The fourth-order valence-electron chi connectivity index (χ4n) is 3.53. The van der Waals surface area contributed by atoms with Gasteiger partial charge in [0.2, 0.25) is 11.8 Å². The van der Waals surface area contributed by atoms with Crippen molar-refractivity contribution in [3.8, 4) is 0 Å². The molecule has 1 fully saturated rings. The Morgan fingerprint density at radius 1 is 1.19 bits per heavy atom. The molecule has 142 valence electrons. The minimum atomic E-state index is -1.01. The van der Waals surface area contributed by atoms with Gasteiger partial charge in [-0.2, -0.15) is 0 Å². The average Bonchev–Trinajstić information content (AvgIpc) is 2.85. The molecule has 1 unspecified atom stereocenters. The Morgan fingerprint density at radius 2 is 1.92 bits per heavy atom. The van der Waals surface area contributed by atoms with E-state index in [4.69, 9.17) is 5.11 Å². The molecule has 0 aliphatic carbocycles. The summed E-state index contributed by atoms with van der Waals surface area (Å²) in [4.78, 5) is 38.7. The van der Waals surface area contributed by atoms with E-state index in [9.17, 15) is 14.4 Å². The summed E-state index contributed by atoms with van der Waals surface area (Å²) in [7, 11) is 0. The monoisotopic (exact) mass is 360 g/mol. The van der Waals surface area contributed by atoms with Gasteiger partial charge in [0.1, 0.15) is 6.54 Å². The van der Waals surface area contributed by atoms with Crippen LogP contribution in [0.5, 0.6) is 0 Å². The number of nitrogens with zero attached hydrogens (tertiary/aromatic N) is 2. The molecule has 0 bridgehead atoms. The third-order valence-electron chi connectivity index (χ3n) is 4.96. The van der Waals surface area contributed by atoms with Gasteiger partial charge in [-0.1, -0.05) is 31.2 Å². The Labute approximate surface area is 154 Å². The number of carboxylic acids is 1. The van der Waals surface area contributed by atoms with Gasteiger partial charge in [0.25, 0.3) is 0 Å². The van der Waals surface area contributed by atoms with Crippen molar-refractivity contribution in [3.63, 3.8) is 0 Å². The second-order valence-corrected chi connectivity index (χ2v) is 6.86. The molecular formula is C20H28N2O4. The summed E-state index contributed by atoms with van der Waals surface area (Å²) in [5, 5.41) is 9.02. The highest BCUT2D eigenvalue weighted by molar-refractivity contribution is 5.80. The van der Waals surface area contributed by atoms with Crippen molar-refractivity contribution in [1.29, 1.82) is 0 Å². The standard InChI is InChI=1S/C20H28N2O4/c1-3-16-6-4-7-17(12-16)13-19(24)21-10-5-8-18(9-11-21)22(15(2)23)14-20(25)26/h4,6-7,12,18H,3,5,8-11,13-14H2,1-2H3,(H,25,26). The van der Waals surface area contributed by atoms with Crippen LogP contribution in [-0.4, -0.2) is 58.4 Å². The zero-order valence-corrected chi connectivity index (χ0v) is 15.6. The lowest BCUT2D eigenvalue weighted by Gasteiger charge is -2.28. The average molecular weight is 360 g/mol. The van der Waals surface area contributed by atoms with Crippen LogP contribution >= 0.6 is 0 Å². The summed E-state index contributed by atoms with van der Waals surface area (Å²) in [6.07, 6.45) is 3.44. The third-order valence-corrected chi connectivity index (χ3v) is 4.96. The maximum absolute atomic E-state index is 12.7. The molecule has 1 aromatic rings. The smallest absolute Gasteiger partial charge is 0.323 e. The Hall–Kier alpha value is -2.37. The van der Waals surface area contributed by atoms with Gasteiger partial charge in [0.15, 0.2) is 0 Å². The second kappa shape index (κ2) is 9.36. The van der Waals surface area contributed by atoms with Crippen LogP contribution in [0.15, 0.2) is 24.3 Å². The van der Waals surface area contributed by atoms with Crippen molar-refractivity contribution in [2.24, 2.45) is 0 Å². The van der Waals surface area contributed by atoms with Crippen LogP contribution in [0.3, 0.4) is 0 Å². The Kier molecular flexibility index (Phi) is 7.18. The number of hydrogen-bond donors (Lipinski definition) is 1. The van der Waals surface area contributed by atoms with Crippen LogP contribution in [0.2, 0.25) is 0 Å². The first-order valence-corrected chi connectivity index (χ1v) is 9.25. The lowest BCUT2D eigenvalue weighted by Crippen LogP contribution is -2.43. The number of aryl methyl sites for hydroxylation is 1. The van der Waals surface area contributed by atoms with Gasteiger partial charge in [0.05, 0.1) is 6.42 Å². The first-order chi connectivity index (χ1) is 12.4. The Balaban J connectivity index is 1.97. The van der Waals surface area contributed by atoms with Crippen LogP contribution < -0.4 is 0 Å². The number of hydrogen-bond acceptors (Lipinski definition) is 3. The molecule has 2 rings (SSSR count). The largest absolute Gasteiger partial charge is 0.480 e. The van der Waals surface area contributed by atoms with Crippen LogP contribution in [0.25, 0.3) is 0 Å². The molecule has 6 heteroatoms. The molecule has 1 aliphatic heterocycles. The van der Waals surface area contributed by atoms with Gasteiger partial charge >= 0.3 is 5.97 Å². The van der Waals surface area contributed by atoms with E-state index in [1.165, 1.54) is 17.4 Å². The lowest BCUT2D eigenvalue weighted by molar-refractivity contribution is -0.145. The number of carbonyl (C=O) groups excluding carboxylic acids is 2. The molecule has 26 heavy (non-hydrogen) atoms. The van der Waals surface area contributed by atoms with Gasteiger partial charge < -0.3 is 14.9 Å². The normalized spacial score (nSPS) is 17.5. The molecular weight excluding hydrogens is 332 g/mol. The zero-order valence-electron chi connectivity index (χ0n) is 15.6. The molecule has 1 aromatic carbocycles. The molecule has 1 saturated heterocycles. The van der Waals surface area contributed by atoms with E-state index in [1.807, 2.05) is 17.0 Å². The molecule has 0 aromatic heterocycles. The van der Waals surface area contributed by atoms with Crippen molar-refractivity contribution >= 4 is 17.8 Å². The first-order valence-electron chi connectivity index (χ1n) is 9.25. The van der Waals surface area contributed by atoms with Crippen LogP contribution in [0, 0.1) is 0 Å². The number of carbonyl (C=O) groups is 3. The molecule has 1 N–H and O–H groups in total. The van der Waals surface area contributed by atoms with E-state index < -0.39 is 5.97 Å². The van der Waals surface area contributed by atoms with Gasteiger partial charge in [-0.25, -0.2) is 0 Å². The van der Waals surface area contributed by atoms with Crippen LogP contribution in [-0.2, 0) is 27.2 Å². The molecule has 0 radical (unpaired) electrons. The highest BCUT2D eigenvalue weighted by atomic mass is 16.4. The van der Waals surface area contributed by atoms with E-state index in [-0.39, 0.29) is 24.4 Å². The van der Waals surface area contributed by atoms with Crippen molar-refractivity contribution in [3.05, 3.63) is 35.4 Å². The maximum Gasteiger partial charge on any atom is 0.323 e. The predicted octanol–water partition coefficient (Wildman–Crippen LogP) is 2.11. The van der Waals surface area contributed by atoms with Crippen LogP contribution in [0.4, 0.5) is 0 Å². The number of carboxylic acid groups (broad SMARTS) is 1. The molecule has 1 atom stereocenters. The first kappa shape index (κ1) is 19.9. The third kappa shape index (κ3) is 5.58. The van der Waals surface area contributed by atoms with E-state index in [2.05, 4.69) is 19.1 Å². The lowest BCUT2D eigenvalue weighted by atomic mass is 10.1. The SMILES string of the molecule is CCc1cccc(CC(=O)N2CCCC(N(CC(=O)O)C(C)=O)CC2)c1. The van der Waals surface area contributed by atoms with Crippen molar-refractivity contribution in [2.75, 3.05) is 19.6 Å². The van der Waals surface area contributed by atoms with E-state index in [0.717, 1.165) is 24.8 Å². The molecule has 0 saturated carbocycles. The summed E-state index contributed by atoms with van der Waals surface area (Å²) in [6, 6.07) is 7.97. The summed E-state index contributed by atoms with van der Waals surface area (Å²) >= 11 is 0. The summed E-state index contributed by atoms with van der Waals surface area (Å²) < 4.78 is 0. The molecule has 1 heterocycles. The van der Waals surface area contributed by atoms with Crippen LogP contribution in [0.1, 0.15) is 44.2 Å². The number of rotatable bonds is 6. The number of benzene rings is 1. The van der Waals surface area contributed by atoms with E-state index in [0.29, 0.717) is 25.9 Å². The molecule has 0 spiro atoms. The van der Waals surface area contributed by atoms with Gasteiger partial charge in [-0.05, 0) is 36.8 Å². The minimum Gasteiger partial charge on any atom is -0.480 e. The van der Waals surface area contributed by atoms with E-state index in [1.54, 1.807) is 0 Å². The molecule has 6 nitrogen and oxygen atoms in total. The number of amides is 2. The van der Waals surface area contributed by atoms with E-state index >= 15 is 0 Å². The van der Waals surface area contributed by atoms with Crippen molar-refractivity contribution in [2.45, 2.75) is 52.0 Å². The van der Waals surface area contributed by atoms with Gasteiger partial charge in [-0.15, -0.1) is 0 Å². The minimum absolute atomic E-state index is 0.0894. The van der Waals surface area contributed by atoms with Crippen molar-refractivity contribution < 1.29 is 19.5 Å². The summed E-state index contributed by atoms with van der Waals surface area (Å²) in [5.74, 6) is -1.15. The van der Waals surface area contributed by atoms with Gasteiger partial charge in [-0.3, -0.25) is 14.4 Å². The number of aliphatic carboxylic acids is 1. The van der Waals surface area contributed by atoms with Gasteiger partial charge in [0, 0.05) is 26.1 Å². The van der Waals surface area contributed by atoms with Crippen molar-refractivity contribution in [1.82, 2.24) is 9.80 Å². The Morgan fingerprint density at radius 3 is 2.58 bits per heavy atom. The second-order valence-electron chi connectivity index (χ2n) is 6.86. The zero-order chi connectivity index (χ0) is 19.1. The fourth-order valence-corrected chi connectivity index (χ4v) is 3.53. The quantitative estimate of drug-likeness (QED) is 0.843. The predicted molar refractivity (Wildman–Crippen MR) is 98.8 cm³/mol. The maximum atomic E-state index is 12.7. The number of likely N-dealkylation sites (tertiary alicyclic amines) is 1. The topological polar surface area (TPSA) is 77.9 Å². The molecule has 1 aliphatic rings.